The summed E-state index contributed by atoms with van der Waals surface area (Å²) in [5.41, 5.74) is 7.35. The quantitative estimate of drug-likeness (QED) is 0.602. The molecule has 2 aromatic carbocycles. The van der Waals surface area contributed by atoms with E-state index in [1.165, 1.54) is 13.2 Å². The molecule has 182 valence electrons. The molecule has 0 fully saturated rings. The van der Waals surface area contributed by atoms with Crippen LogP contribution in [-0.2, 0) is 16.0 Å². The molecule has 0 bridgehead atoms. The van der Waals surface area contributed by atoms with Crippen LogP contribution >= 0.6 is 0 Å². The molecular formula is C27H33FN2O4. The van der Waals surface area contributed by atoms with E-state index in [9.17, 15) is 14.0 Å². The Bertz CT molecular complexity index is 1050. The maximum Gasteiger partial charge on any atom is 0.405 e. The monoisotopic (exact) mass is 468 g/mol. The summed E-state index contributed by atoms with van der Waals surface area (Å²) in [6.45, 7) is 6.47. The molecule has 2 N–H and O–H groups in total. The number of carbonyl (C=O) groups excluding carboxylic acids is 2. The Balaban J connectivity index is 1.81. The number of ether oxygens (including phenoxy) is 2. The van der Waals surface area contributed by atoms with Crippen LogP contribution < -0.4 is 10.5 Å². The highest BCUT2D eigenvalue weighted by atomic mass is 19.1. The van der Waals surface area contributed by atoms with Crippen LogP contribution in [0.5, 0.6) is 5.75 Å². The SMILES string of the molecule is COc1cc(C2=CCN(C(=O)C(Cc3ccccc3)[C@@H](C)C(C)(C)OC(N)=O)CC2)ccc1F. The maximum absolute atomic E-state index is 13.8. The van der Waals surface area contributed by atoms with E-state index >= 15 is 0 Å². The van der Waals surface area contributed by atoms with Gasteiger partial charge in [-0.25, -0.2) is 9.18 Å². The summed E-state index contributed by atoms with van der Waals surface area (Å²) in [5.74, 6) is -0.884. The van der Waals surface area contributed by atoms with Crippen LogP contribution in [0.1, 0.15) is 38.3 Å². The van der Waals surface area contributed by atoms with Gasteiger partial charge in [-0.2, -0.15) is 0 Å². The average Bonchev–Trinajstić information content (AvgIpc) is 2.82. The largest absolute Gasteiger partial charge is 0.494 e. The van der Waals surface area contributed by atoms with Gasteiger partial charge in [0.1, 0.15) is 5.60 Å². The lowest BCUT2D eigenvalue weighted by Crippen LogP contribution is -2.48. The molecule has 6 nitrogen and oxygen atoms in total. The third kappa shape index (κ3) is 5.95. The van der Waals surface area contributed by atoms with Crippen LogP contribution in [0.2, 0.25) is 0 Å². The molecule has 0 saturated heterocycles. The maximum atomic E-state index is 13.8. The second-order valence-electron chi connectivity index (χ2n) is 9.22. The fourth-order valence-electron chi connectivity index (χ4n) is 4.41. The molecule has 2 atom stereocenters. The average molecular weight is 469 g/mol. The van der Waals surface area contributed by atoms with Crippen LogP contribution in [0.15, 0.2) is 54.6 Å². The number of hydrogen-bond acceptors (Lipinski definition) is 4. The summed E-state index contributed by atoms with van der Waals surface area (Å²) >= 11 is 0. The number of nitrogens with zero attached hydrogens (tertiary/aromatic N) is 1. The van der Waals surface area contributed by atoms with Crippen LogP contribution in [0, 0.1) is 17.7 Å². The number of hydrogen-bond donors (Lipinski definition) is 1. The predicted molar refractivity (Wildman–Crippen MR) is 130 cm³/mol. The van der Waals surface area contributed by atoms with E-state index in [4.69, 9.17) is 15.2 Å². The smallest absolute Gasteiger partial charge is 0.405 e. The summed E-state index contributed by atoms with van der Waals surface area (Å²) in [4.78, 5) is 27.0. The Morgan fingerprint density at radius 1 is 1.18 bits per heavy atom. The van der Waals surface area contributed by atoms with Gasteiger partial charge in [-0.05, 0) is 55.5 Å². The van der Waals surface area contributed by atoms with Gasteiger partial charge in [0.15, 0.2) is 11.6 Å². The zero-order chi connectivity index (χ0) is 24.9. The van der Waals surface area contributed by atoms with Gasteiger partial charge in [0.25, 0.3) is 0 Å². The van der Waals surface area contributed by atoms with Crippen molar-refractivity contribution in [2.45, 2.75) is 39.2 Å². The molecule has 0 saturated carbocycles. The van der Waals surface area contributed by atoms with Gasteiger partial charge in [-0.3, -0.25) is 4.79 Å². The first-order valence-corrected chi connectivity index (χ1v) is 11.5. The van der Waals surface area contributed by atoms with Crippen molar-refractivity contribution >= 4 is 17.6 Å². The summed E-state index contributed by atoms with van der Waals surface area (Å²) in [6.07, 6.45) is 2.31. The lowest BCUT2D eigenvalue weighted by molar-refractivity contribution is -0.140. The second-order valence-corrected chi connectivity index (χ2v) is 9.22. The van der Waals surface area contributed by atoms with Crippen LogP contribution in [0.4, 0.5) is 9.18 Å². The van der Waals surface area contributed by atoms with E-state index in [1.807, 2.05) is 48.2 Å². The van der Waals surface area contributed by atoms with E-state index in [2.05, 4.69) is 0 Å². The van der Waals surface area contributed by atoms with Crippen molar-refractivity contribution in [3.63, 3.8) is 0 Å². The minimum absolute atomic E-state index is 0.00415. The molecule has 1 aliphatic rings. The van der Waals surface area contributed by atoms with Gasteiger partial charge >= 0.3 is 6.09 Å². The summed E-state index contributed by atoms with van der Waals surface area (Å²) < 4.78 is 24.3. The number of primary amides is 1. The minimum atomic E-state index is -0.914. The normalized spacial score (nSPS) is 15.8. The third-order valence-electron chi connectivity index (χ3n) is 6.72. The van der Waals surface area contributed by atoms with E-state index < -0.39 is 23.4 Å². The standard InChI is InChI=1S/C27H33FN2O4/c1-18(27(2,3)34-26(29)32)22(16-19-8-6-5-7-9-19)25(31)30-14-12-20(13-15-30)21-10-11-23(28)24(17-21)33-4/h5-12,17-18,22H,13-16H2,1-4H3,(H2,29,32)/t18-,22?/m1/s1. The number of halogens is 1. The molecule has 0 aliphatic carbocycles. The zero-order valence-electron chi connectivity index (χ0n) is 20.2. The molecule has 0 spiro atoms. The molecule has 2 amide bonds. The molecule has 3 rings (SSSR count). The lowest BCUT2D eigenvalue weighted by Gasteiger charge is -2.38. The fraction of sp³-hybridized carbons (Fsp3) is 0.407. The fourth-order valence-corrected chi connectivity index (χ4v) is 4.41. The Kier molecular flexibility index (Phi) is 7.97. The Labute approximate surface area is 200 Å². The molecule has 0 aromatic heterocycles. The van der Waals surface area contributed by atoms with Gasteiger partial charge in [0.2, 0.25) is 5.91 Å². The lowest BCUT2D eigenvalue weighted by atomic mass is 9.77. The van der Waals surface area contributed by atoms with Gasteiger partial charge < -0.3 is 20.1 Å². The van der Waals surface area contributed by atoms with Crippen molar-refractivity contribution in [1.82, 2.24) is 4.90 Å². The Morgan fingerprint density at radius 2 is 1.88 bits per heavy atom. The van der Waals surface area contributed by atoms with E-state index in [-0.39, 0.29) is 17.6 Å². The van der Waals surface area contributed by atoms with Crippen molar-refractivity contribution in [2.75, 3.05) is 20.2 Å². The van der Waals surface area contributed by atoms with E-state index in [0.717, 1.165) is 16.7 Å². The van der Waals surface area contributed by atoms with Gasteiger partial charge in [-0.15, -0.1) is 0 Å². The number of carbonyl (C=O) groups is 2. The topological polar surface area (TPSA) is 81.9 Å². The predicted octanol–water partition coefficient (Wildman–Crippen LogP) is 4.82. The van der Waals surface area contributed by atoms with Gasteiger partial charge in [-0.1, -0.05) is 49.4 Å². The van der Waals surface area contributed by atoms with E-state index in [0.29, 0.717) is 25.9 Å². The highest BCUT2D eigenvalue weighted by molar-refractivity contribution is 5.81. The minimum Gasteiger partial charge on any atom is -0.494 e. The molecule has 34 heavy (non-hydrogen) atoms. The first-order chi connectivity index (χ1) is 16.1. The first-order valence-electron chi connectivity index (χ1n) is 11.5. The molecule has 2 aromatic rings. The Morgan fingerprint density at radius 3 is 2.47 bits per heavy atom. The molecule has 1 aliphatic heterocycles. The van der Waals surface area contributed by atoms with Crippen LogP contribution in [0.3, 0.4) is 0 Å². The third-order valence-corrected chi connectivity index (χ3v) is 6.72. The highest BCUT2D eigenvalue weighted by Crippen LogP contribution is 2.33. The molecule has 1 unspecified atom stereocenters. The number of nitrogens with two attached hydrogens (primary N) is 1. The van der Waals surface area contributed by atoms with Crippen molar-refractivity contribution in [3.05, 3.63) is 71.6 Å². The summed E-state index contributed by atoms with van der Waals surface area (Å²) in [7, 11) is 1.44. The summed E-state index contributed by atoms with van der Waals surface area (Å²) in [6, 6.07) is 14.6. The molecule has 1 heterocycles. The van der Waals surface area contributed by atoms with Gasteiger partial charge in [0, 0.05) is 24.9 Å². The van der Waals surface area contributed by atoms with Crippen LogP contribution in [0.25, 0.3) is 5.57 Å². The summed E-state index contributed by atoms with van der Waals surface area (Å²) in [5, 5.41) is 0. The van der Waals surface area contributed by atoms with Crippen molar-refractivity contribution < 1.29 is 23.5 Å². The number of methoxy groups -OCH3 is 1. The highest BCUT2D eigenvalue weighted by Gasteiger charge is 2.40. The van der Waals surface area contributed by atoms with E-state index in [1.54, 1.807) is 26.0 Å². The second kappa shape index (κ2) is 10.7. The number of amides is 2. The van der Waals surface area contributed by atoms with Crippen LogP contribution in [-0.4, -0.2) is 42.7 Å². The Hall–Kier alpha value is -3.35. The number of rotatable bonds is 8. The van der Waals surface area contributed by atoms with Crippen molar-refractivity contribution in [1.29, 1.82) is 0 Å². The molecule has 0 radical (unpaired) electrons. The first kappa shape index (κ1) is 25.3. The van der Waals surface area contributed by atoms with Gasteiger partial charge in [0.05, 0.1) is 7.11 Å². The zero-order valence-corrected chi connectivity index (χ0v) is 20.2. The van der Waals surface area contributed by atoms with Crippen molar-refractivity contribution in [2.24, 2.45) is 17.6 Å². The molecular weight excluding hydrogens is 435 g/mol. The number of benzene rings is 2. The molecule has 7 heteroatoms. The van der Waals surface area contributed by atoms with Crippen molar-refractivity contribution in [3.8, 4) is 5.75 Å².